The number of hydrogen-bond donors (Lipinski definition) is 0. The molecule has 0 aliphatic carbocycles. The number of likely N-dealkylation sites (tertiary alicyclic amines) is 1. The Hall–Kier alpha value is -3.20. The summed E-state index contributed by atoms with van der Waals surface area (Å²) in [5, 5.41) is 8.23. The Kier molecular flexibility index (Phi) is 5.80. The zero-order chi connectivity index (χ0) is 21.0. The van der Waals surface area contributed by atoms with Crippen molar-refractivity contribution in [3.8, 4) is 5.75 Å². The highest BCUT2D eigenvalue weighted by molar-refractivity contribution is 7.91. The zero-order valence-electron chi connectivity index (χ0n) is 16.3. The third-order valence-corrected chi connectivity index (χ3v) is 6.70. The molecule has 0 N–H and O–H groups in total. The van der Waals surface area contributed by atoms with Crippen LogP contribution >= 0.6 is 0 Å². The lowest BCUT2D eigenvalue weighted by molar-refractivity contribution is -0.136. The van der Waals surface area contributed by atoms with E-state index in [-0.39, 0.29) is 29.0 Å². The van der Waals surface area contributed by atoms with Gasteiger partial charge in [0.15, 0.2) is 9.84 Å². The van der Waals surface area contributed by atoms with Crippen molar-refractivity contribution in [2.45, 2.75) is 24.0 Å². The Bertz CT molecular complexity index is 1090. The highest BCUT2D eigenvalue weighted by Gasteiger charge is 2.33. The molecular formula is C21H22N4O4S. The standard InChI is InChI=1S/C21H22N4O4S/c26-21(11-12-30(27,28)20-9-5-2-6-10-20)24-14-18(15-24)25-13-17(22-23-25)16-29-19-7-3-1-4-8-19/h1-10,13,18H,11-12,14-16H2. The molecule has 9 heteroatoms. The Morgan fingerprint density at radius 2 is 1.70 bits per heavy atom. The van der Waals surface area contributed by atoms with Crippen LogP contribution in [0, 0.1) is 0 Å². The van der Waals surface area contributed by atoms with Crippen molar-refractivity contribution in [1.29, 1.82) is 0 Å². The van der Waals surface area contributed by atoms with Crippen molar-refractivity contribution in [3.05, 3.63) is 72.6 Å². The molecule has 1 aliphatic rings. The molecule has 4 rings (SSSR count). The number of amides is 1. The van der Waals surface area contributed by atoms with Gasteiger partial charge in [-0.2, -0.15) is 0 Å². The first-order valence-corrected chi connectivity index (χ1v) is 11.3. The molecule has 0 spiro atoms. The van der Waals surface area contributed by atoms with Crippen molar-refractivity contribution < 1.29 is 17.9 Å². The van der Waals surface area contributed by atoms with E-state index >= 15 is 0 Å². The number of aromatic nitrogens is 3. The lowest BCUT2D eigenvalue weighted by atomic mass is 10.1. The van der Waals surface area contributed by atoms with Crippen molar-refractivity contribution in [2.75, 3.05) is 18.8 Å². The first-order valence-electron chi connectivity index (χ1n) is 9.65. The third-order valence-electron chi connectivity index (χ3n) is 4.96. The first-order chi connectivity index (χ1) is 14.5. The van der Waals surface area contributed by atoms with Gasteiger partial charge in [-0.3, -0.25) is 4.79 Å². The quantitative estimate of drug-likeness (QED) is 0.548. The van der Waals surface area contributed by atoms with Gasteiger partial charge in [-0.05, 0) is 24.3 Å². The van der Waals surface area contributed by atoms with Gasteiger partial charge in [0.2, 0.25) is 5.91 Å². The summed E-state index contributed by atoms with van der Waals surface area (Å²) < 4.78 is 32.0. The average Bonchev–Trinajstić information content (AvgIpc) is 3.20. The van der Waals surface area contributed by atoms with Crippen LogP contribution in [0.4, 0.5) is 0 Å². The fourth-order valence-corrected chi connectivity index (χ4v) is 4.43. The normalized spacial score (nSPS) is 14.3. The number of ether oxygens (including phenoxy) is 1. The van der Waals surface area contributed by atoms with Crippen LogP contribution in [0.25, 0.3) is 0 Å². The highest BCUT2D eigenvalue weighted by atomic mass is 32.2. The lowest BCUT2D eigenvalue weighted by Crippen LogP contribution is -2.51. The number of rotatable bonds is 8. The molecule has 1 amide bonds. The van der Waals surface area contributed by atoms with Crippen LogP contribution in [-0.2, 0) is 21.2 Å². The van der Waals surface area contributed by atoms with Gasteiger partial charge in [-0.15, -0.1) is 5.10 Å². The van der Waals surface area contributed by atoms with Crippen LogP contribution in [0.1, 0.15) is 18.2 Å². The summed E-state index contributed by atoms with van der Waals surface area (Å²) in [6, 6.07) is 17.7. The van der Waals surface area contributed by atoms with E-state index in [1.807, 2.05) is 36.5 Å². The fraction of sp³-hybridized carbons (Fsp3) is 0.286. The Balaban J connectivity index is 1.24. The average molecular weight is 426 g/mol. The van der Waals surface area contributed by atoms with Crippen LogP contribution in [0.3, 0.4) is 0 Å². The molecule has 2 aromatic carbocycles. The Labute approximate surface area is 175 Å². The van der Waals surface area contributed by atoms with E-state index in [0.717, 1.165) is 5.75 Å². The molecule has 8 nitrogen and oxygen atoms in total. The summed E-state index contributed by atoms with van der Waals surface area (Å²) >= 11 is 0. The molecule has 1 saturated heterocycles. The van der Waals surface area contributed by atoms with E-state index in [1.165, 1.54) is 0 Å². The van der Waals surface area contributed by atoms with Crippen LogP contribution in [0.15, 0.2) is 71.8 Å². The molecule has 156 valence electrons. The molecule has 1 fully saturated rings. The summed E-state index contributed by atoms with van der Waals surface area (Å²) in [7, 11) is -3.45. The number of hydrogen-bond acceptors (Lipinski definition) is 6. The van der Waals surface area contributed by atoms with E-state index < -0.39 is 9.84 Å². The predicted octanol–water partition coefficient (Wildman–Crippen LogP) is 2.10. The van der Waals surface area contributed by atoms with Gasteiger partial charge in [-0.25, -0.2) is 13.1 Å². The topological polar surface area (TPSA) is 94.4 Å². The maximum absolute atomic E-state index is 12.3. The van der Waals surface area contributed by atoms with Gasteiger partial charge in [0.05, 0.1) is 22.9 Å². The van der Waals surface area contributed by atoms with Crippen LogP contribution in [0.2, 0.25) is 0 Å². The second kappa shape index (κ2) is 8.66. The largest absolute Gasteiger partial charge is 0.487 e. The molecule has 1 aliphatic heterocycles. The van der Waals surface area contributed by atoms with E-state index in [9.17, 15) is 13.2 Å². The molecule has 1 aromatic heterocycles. The zero-order valence-corrected chi connectivity index (χ0v) is 17.1. The van der Waals surface area contributed by atoms with Gasteiger partial charge in [0.1, 0.15) is 18.1 Å². The van der Waals surface area contributed by atoms with Crippen molar-refractivity contribution in [2.24, 2.45) is 0 Å². The maximum atomic E-state index is 12.3. The summed E-state index contributed by atoms with van der Waals surface area (Å²) in [4.78, 5) is 14.2. The monoisotopic (exact) mass is 426 g/mol. The van der Waals surface area contributed by atoms with Gasteiger partial charge < -0.3 is 9.64 Å². The second-order valence-corrected chi connectivity index (χ2v) is 9.24. The molecule has 30 heavy (non-hydrogen) atoms. The van der Waals surface area contributed by atoms with E-state index in [1.54, 1.807) is 39.9 Å². The van der Waals surface area contributed by atoms with Gasteiger partial charge in [0, 0.05) is 19.5 Å². The summed E-state index contributed by atoms with van der Waals surface area (Å²) in [6.45, 7) is 1.30. The van der Waals surface area contributed by atoms with Gasteiger partial charge in [-0.1, -0.05) is 41.6 Å². The highest BCUT2D eigenvalue weighted by Crippen LogP contribution is 2.22. The van der Waals surface area contributed by atoms with Crippen molar-refractivity contribution >= 4 is 15.7 Å². The van der Waals surface area contributed by atoms with Crippen molar-refractivity contribution in [1.82, 2.24) is 19.9 Å². The van der Waals surface area contributed by atoms with E-state index in [4.69, 9.17) is 4.74 Å². The second-order valence-electron chi connectivity index (χ2n) is 7.13. The van der Waals surface area contributed by atoms with E-state index in [0.29, 0.717) is 25.4 Å². The first kappa shape index (κ1) is 20.1. The molecule has 3 aromatic rings. The molecule has 0 bridgehead atoms. The summed E-state index contributed by atoms with van der Waals surface area (Å²) in [5.41, 5.74) is 0.706. The van der Waals surface area contributed by atoms with Crippen LogP contribution < -0.4 is 4.74 Å². The van der Waals surface area contributed by atoms with Crippen LogP contribution in [0.5, 0.6) is 5.75 Å². The number of carbonyl (C=O) groups excluding carboxylic acids is 1. The van der Waals surface area contributed by atoms with Crippen LogP contribution in [-0.4, -0.2) is 53.1 Å². The van der Waals surface area contributed by atoms with E-state index in [2.05, 4.69) is 10.3 Å². The Morgan fingerprint density at radius 3 is 2.40 bits per heavy atom. The lowest BCUT2D eigenvalue weighted by Gasteiger charge is -2.38. The molecule has 0 unspecified atom stereocenters. The van der Waals surface area contributed by atoms with Gasteiger partial charge in [0.25, 0.3) is 0 Å². The number of carbonyl (C=O) groups is 1. The summed E-state index contributed by atoms with van der Waals surface area (Å²) in [6.07, 6.45) is 1.78. The third kappa shape index (κ3) is 4.68. The number of sulfone groups is 1. The molecule has 2 heterocycles. The smallest absolute Gasteiger partial charge is 0.223 e. The minimum absolute atomic E-state index is 0.0303. The molecular weight excluding hydrogens is 404 g/mol. The minimum atomic E-state index is -3.45. The fourth-order valence-electron chi connectivity index (χ4n) is 3.18. The SMILES string of the molecule is O=C(CCS(=O)(=O)c1ccccc1)N1CC(n2cc(COc3ccccc3)nn2)C1. The molecule has 0 radical (unpaired) electrons. The number of benzene rings is 2. The van der Waals surface area contributed by atoms with Crippen molar-refractivity contribution in [3.63, 3.8) is 0 Å². The van der Waals surface area contributed by atoms with Gasteiger partial charge >= 0.3 is 0 Å². The minimum Gasteiger partial charge on any atom is -0.487 e. The molecule has 0 saturated carbocycles. The summed E-state index contributed by atoms with van der Waals surface area (Å²) in [5.74, 6) is 0.401. The number of para-hydroxylation sites is 1. The Morgan fingerprint density at radius 1 is 1.03 bits per heavy atom. The molecule has 0 atom stereocenters. The predicted molar refractivity (Wildman–Crippen MR) is 110 cm³/mol. The maximum Gasteiger partial charge on any atom is 0.223 e. The number of nitrogens with zero attached hydrogens (tertiary/aromatic N) is 4.